The van der Waals surface area contributed by atoms with E-state index in [2.05, 4.69) is 29.1 Å². The second-order valence-corrected chi connectivity index (χ2v) is 5.82. The smallest absolute Gasteiger partial charge is 0.325 e. The van der Waals surface area contributed by atoms with Crippen LogP contribution in [0.5, 0.6) is 0 Å². The molecule has 1 saturated heterocycles. The highest BCUT2D eigenvalue weighted by Gasteiger charge is 2.32. The molecule has 1 heterocycles. The van der Waals surface area contributed by atoms with E-state index in [1.54, 1.807) is 0 Å². The molecule has 2 unspecified atom stereocenters. The van der Waals surface area contributed by atoms with E-state index in [1.807, 2.05) is 14.0 Å². The fraction of sp³-hybridized carbons (Fsp3) is 0.929. The van der Waals surface area contributed by atoms with Crippen LogP contribution in [-0.4, -0.2) is 74.7 Å². The topological polar surface area (TPSA) is 44.8 Å². The molecule has 2 atom stereocenters. The minimum absolute atomic E-state index is 0.179. The van der Waals surface area contributed by atoms with E-state index in [9.17, 15) is 4.79 Å². The first-order valence-corrected chi connectivity index (χ1v) is 7.13. The zero-order valence-corrected chi connectivity index (χ0v) is 13.0. The van der Waals surface area contributed by atoms with E-state index in [-0.39, 0.29) is 5.97 Å². The maximum atomic E-state index is 11.7. The molecular weight excluding hydrogens is 242 g/mol. The summed E-state index contributed by atoms with van der Waals surface area (Å²) >= 11 is 0. The van der Waals surface area contributed by atoms with Crippen molar-refractivity contribution in [2.45, 2.75) is 38.3 Å². The van der Waals surface area contributed by atoms with Crippen LogP contribution in [0.3, 0.4) is 0 Å². The van der Waals surface area contributed by atoms with Gasteiger partial charge in [-0.2, -0.15) is 0 Å². The molecule has 19 heavy (non-hydrogen) atoms. The highest BCUT2D eigenvalue weighted by Crippen LogP contribution is 2.16. The van der Waals surface area contributed by atoms with Gasteiger partial charge in [-0.05, 0) is 47.3 Å². The highest BCUT2D eigenvalue weighted by molar-refractivity contribution is 5.80. The van der Waals surface area contributed by atoms with Crippen molar-refractivity contribution in [3.63, 3.8) is 0 Å². The first-order chi connectivity index (χ1) is 8.92. The molecule has 0 spiro atoms. The molecule has 1 rings (SSSR count). The van der Waals surface area contributed by atoms with E-state index in [0.29, 0.717) is 6.04 Å². The van der Waals surface area contributed by atoms with Crippen LogP contribution < -0.4 is 5.32 Å². The van der Waals surface area contributed by atoms with Crippen LogP contribution in [0.2, 0.25) is 0 Å². The number of hydrogen-bond acceptors (Lipinski definition) is 5. The first-order valence-electron chi connectivity index (χ1n) is 7.13. The maximum absolute atomic E-state index is 11.7. The van der Waals surface area contributed by atoms with Gasteiger partial charge in [-0.1, -0.05) is 0 Å². The van der Waals surface area contributed by atoms with Crippen LogP contribution in [-0.2, 0) is 9.53 Å². The van der Waals surface area contributed by atoms with E-state index in [0.717, 1.165) is 39.0 Å². The Balaban J connectivity index is 2.38. The molecule has 0 aromatic rings. The van der Waals surface area contributed by atoms with Crippen LogP contribution in [0.4, 0.5) is 0 Å². The third kappa shape index (κ3) is 4.44. The number of hydrogen-bond donors (Lipinski definition) is 1. The Hall–Kier alpha value is -0.650. The fourth-order valence-electron chi connectivity index (χ4n) is 2.70. The monoisotopic (exact) mass is 271 g/mol. The van der Waals surface area contributed by atoms with Gasteiger partial charge < -0.3 is 15.0 Å². The van der Waals surface area contributed by atoms with Crippen molar-refractivity contribution < 1.29 is 9.53 Å². The van der Waals surface area contributed by atoms with E-state index in [1.165, 1.54) is 7.11 Å². The molecule has 5 heteroatoms. The van der Waals surface area contributed by atoms with Crippen LogP contribution in [0.25, 0.3) is 0 Å². The first kappa shape index (κ1) is 16.4. The highest BCUT2D eigenvalue weighted by atomic mass is 16.5. The number of piperazine rings is 1. The number of nitrogens with one attached hydrogen (secondary N) is 1. The van der Waals surface area contributed by atoms with Crippen LogP contribution in [0, 0.1) is 0 Å². The average molecular weight is 271 g/mol. The minimum Gasteiger partial charge on any atom is -0.468 e. The lowest BCUT2D eigenvalue weighted by Gasteiger charge is -2.38. The normalized spacial score (nSPS) is 25.0. The van der Waals surface area contributed by atoms with Gasteiger partial charge in [-0.25, -0.2) is 0 Å². The third-order valence-corrected chi connectivity index (χ3v) is 4.28. The summed E-state index contributed by atoms with van der Waals surface area (Å²) in [7, 11) is 5.43. The van der Waals surface area contributed by atoms with Crippen molar-refractivity contribution in [2.75, 3.05) is 47.4 Å². The predicted octanol–water partition coefficient (Wildman–Crippen LogP) is 0.554. The molecule has 1 aliphatic rings. The third-order valence-electron chi connectivity index (χ3n) is 4.28. The van der Waals surface area contributed by atoms with Crippen LogP contribution >= 0.6 is 0 Å². The summed E-state index contributed by atoms with van der Waals surface area (Å²) in [4.78, 5) is 16.6. The van der Waals surface area contributed by atoms with Crippen molar-refractivity contribution in [1.29, 1.82) is 0 Å². The number of ether oxygens (including phenoxy) is 1. The molecule has 0 bridgehead atoms. The number of rotatable bonds is 6. The molecule has 5 nitrogen and oxygen atoms in total. The molecule has 0 aromatic carbocycles. The standard InChI is InChI=1S/C14H29N3O2/c1-12-11-16(4)9-10-17(12)8-6-7-14(2,15-3)13(18)19-5/h12,15H,6-11H2,1-5H3. The fourth-order valence-corrected chi connectivity index (χ4v) is 2.70. The van der Waals surface area contributed by atoms with Gasteiger partial charge in [-0.15, -0.1) is 0 Å². The molecular formula is C14H29N3O2. The Labute approximate surface area is 117 Å². The zero-order chi connectivity index (χ0) is 14.5. The molecule has 0 amide bonds. The summed E-state index contributed by atoms with van der Waals surface area (Å²) in [6, 6.07) is 0.595. The SMILES string of the molecule is CNC(C)(CCCN1CCN(C)CC1C)C(=O)OC. The largest absolute Gasteiger partial charge is 0.468 e. The van der Waals surface area contributed by atoms with Gasteiger partial charge >= 0.3 is 5.97 Å². The summed E-state index contributed by atoms with van der Waals surface area (Å²) < 4.78 is 4.86. The molecule has 0 saturated carbocycles. The van der Waals surface area contributed by atoms with Gasteiger partial charge in [0.15, 0.2) is 0 Å². The van der Waals surface area contributed by atoms with Gasteiger partial charge in [0.05, 0.1) is 7.11 Å². The quantitative estimate of drug-likeness (QED) is 0.715. The van der Waals surface area contributed by atoms with Crippen molar-refractivity contribution in [3.05, 3.63) is 0 Å². The second kappa shape index (κ2) is 7.22. The lowest BCUT2D eigenvalue weighted by molar-refractivity contribution is -0.148. The predicted molar refractivity (Wildman–Crippen MR) is 77.2 cm³/mol. The molecule has 0 aromatic heterocycles. The average Bonchev–Trinajstić information content (AvgIpc) is 2.40. The zero-order valence-electron chi connectivity index (χ0n) is 13.0. The van der Waals surface area contributed by atoms with E-state index >= 15 is 0 Å². The Bertz CT molecular complexity index is 298. The second-order valence-electron chi connectivity index (χ2n) is 5.82. The Morgan fingerprint density at radius 1 is 1.47 bits per heavy atom. The van der Waals surface area contributed by atoms with E-state index < -0.39 is 5.54 Å². The Kier molecular flexibility index (Phi) is 6.23. The van der Waals surface area contributed by atoms with Gasteiger partial charge in [-0.3, -0.25) is 9.69 Å². The Morgan fingerprint density at radius 3 is 2.68 bits per heavy atom. The number of carbonyl (C=O) groups excluding carboxylic acids is 1. The van der Waals surface area contributed by atoms with Crippen LogP contribution in [0.1, 0.15) is 26.7 Å². The van der Waals surface area contributed by atoms with Gasteiger partial charge in [0.25, 0.3) is 0 Å². The van der Waals surface area contributed by atoms with Crippen molar-refractivity contribution in [2.24, 2.45) is 0 Å². The lowest BCUT2D eigenvalue weighted by Crippen LogP contribution is -2.52. The summed E-state index contributed by atoms with van der Waals surface area (Å²) in [6.07, 6.45) is 1.80. The molecule has 0 aliphatic carbocycles. The van der Waals surface area contributed by atoms with E-state index in [4.69, 9.17) is 4.74 Å². The van der Waals surface area contributed by atoms with Gasteiger partial charge in [0.1, 0.15) is 5.54 Å². The minimum atomic E-state index is -0.565. The summed E-state index contributed by atoms with van der Waals surface area (Å²) in [6.45, 7) is 8.60. The molecule has 1 fully saturated rings. The van der Waals surface area contributed by atoms with Gasteiger partial charge in [0, 0.05) is 25.7 Å². The Morgan fingerprint density at radius 2 is 2.16 bits per heavy atom. The van der Waals surface area contributed by atoms with Crippen molar-refractivity contribution in [1.82, 2.24) is 15.1 Å². The number of nitrogens with zero attached hydrogens (tertiary/aromatic N) is 2. The number of likely N-dealkylation sites (N-methyl/N-ethyl adjacent to an activating group) is 2. The summed E-state index contributed by atoms with van der Waals surface area (Å²) in [5.41, 5.74) is -0.565. The number of methoxy groups -OCH3 is 1. The number of esters is 1. The van der Waals surface area contributed by atoms with Crippen molar-refractivity contribution >= 4 is 5.97 Å². The lowest BCUT2D eigenvalue weighted by atomic mass is 9.95. The number of carbonyl (C=O) groups is 1. The summed E-state index contributed by atoms with van der Waals surface area (Å²) in [5.74, 6) is -0.179. The molecule has 0 radical (unpaired) electrons. The van der Waals surface area contributed by atoms with Crippen molar-refractivity contribution in [3.8, 4) is 0 Å². The molecule has 112 valence electrons. The summed E-state index contributed by atoms with van der Waals surface area (Å²) in [5, 5.41) is 3.08. The van der Waals surface area contributed by atoms with Gasteiger partial charge in [0.2, 0.25) is 0 Å². The van der Waals surface area contributed by atoms with Crippen LogP contribution in [0.15, 0.2) is 0 Å². The molecule has 1 aliphatic heterocycles. The maximum Gasteiger partial charge on any atom is 0.325 e. The molecule has 1 N–H and O–H groups in total.